The number of hydrogen-bond acceptors (Lipinski definition) is 5. The van der Waals surface area contributed by atoms with Crippen molar-refractivity contribution < 1.29 is 17.6 Å². The van der Waals surface area contributed by atoms with E-state index in [0.29, 0.717) is 40.4 Å². The molecule has 0 aliphatic carbocycles. The summed E-state index contributed by atoms with van der Waals surface area (Å²) in [5, 5.41) is 8.09. The molecule has 4 rings (SSSR count). The van der Waals surface area contributed by atoms with E-state index >= 15 is 0 Å². The highest BCUT2D eigenvalue weighted by molar-refractivity contribution is 7.89. The molecular formula is C25H23N3O4S. The Bertz CT molecular complexity index is 1420. The van der Waals surface area contributed by atoms with Crippen LogP contribution in [0.1, 0.15) is 28.4 Å². The Labute approximate surface area is 192 Å². The zero-order chi connectivity index (χ0) is 23.6. The van der Waals surface area contributed by atoms with Crippen LogP contribution in [0.2, 0.25) is 0 Å². The van der Waals surface area contributed by atoms with Crippen LogP contribution in [-0.2, 0) is 16.4 Å². The van der Waals surface area contributed by atoms with Gasteiger partial charge < -0.3 is 9.73 Å². The van der Waals surface area contributed by atoms with E-state index in [2.05, 4.69) is 10.3 Å². The number of aromatic nitrogens is 1. The largest absolute Gasteiger partial charge is 0.436 e. The van der Waals surface area contributed by atoms with Gasteiger partial charge in [-0.2, -0.15) is 0 Å². The van der Waals surface area contributed by atoms with E-state index in [0.717, 1.165) is 11.1 Å². The summed E-state index contributed by atoms with van der Waals surface area (Å²) in [6.07, 6.45) is 2.12. The molecule has 168 valence electrons. The summed E-state index contributed by atoms with van der Waals surface area (Å²) in [7, 11) is -3.92. The molecule has 3 N–H and O–H groups in total. The van der Waals surface area contributed by atoms with Crippen molar-refractivity contribution in [2.45, 2.75) is 25.2 Å². The minimum Gasteiger partial charge on any atom is -0.436 e. The minimum absolute atomic E-state index is 0.00785. The zero-order valence-corrected chi connectivity index (χ0v) is 19.0. The molecule has 0 radical (unpaired) electrons. The van der Waals surface area contributed by atoms with Gasteiger partial charge in [0.15, 0.2) is 5.76 Å². The van der Waals surface area contributed by atoms with Gasteiger partial charge in [-0.15, -0.1) is 0 Å². The summed E-state index contributed by atoms with van der Waals surface area (Å²) >= 11 is 0. The molecule has 0 spiro atoms. The van der Waals surface area contributed by atoms with Crippen molar-refractivity contribution in [3.63, 3.8) is 0 Å². The van der Waals surface area contributed by atoms with E-state index in [1.165, 1.54) is 6.07 Å². The molecule has 0 atom stereocenters. The van der Waals surface area contributed by atoms with E-state index < -0.39 is 15.9 Å². The summed E-state index contributed by atoms with van der Waals surface area (Å²) < 4.78 is 29.8. The standard InChI is InChI=1S/C25H23N3O4S/c1-3-17-12-13-19(14-23(17)33(26,30)31)28-24(29)20-6-4-5-7-21(20)25-27-15-22(32-25)18-10-8-16(2)9-11-18/h4-15H,3H2,1-2H3,(H,28,29)(H2,26,30,31). The fourth-order valence-electron chi connectivity index (χ4n) is 3.51. The average Bonchev–Trinajstić information content (AvgIpc) is 3.29. The van der Waals surface area contributed by atoms with Crippen LogP contribution < -0.4 is 10.5 Å². The molecule has 3 aromatic carbocycles. The number of carbonyl (C=O) groups excluding carboxylic acids is 1. The topological polar surface area (TPSA) is 115 Å². The average molecular weight is 462 g/mol. The normalized spacial score (nSPS) is 11.4. The first-order chi connectivity index (χ1) is 15.8. The maximum atomic E-state index is 13.1. The SMILES string of the molecule is CCc1ccc(NC(=O)c2ccccc2-c2ncc(-c3ccc(C)cc3)o2)cc1S(N)(=O)=O. The van der Waals surface area contributed by atoms with Crippen LogP contribution in [0.4, 0.5) is 5.69 Å². The highest BCUT2D eigenvalue weighted by Gasteiger charge is 2.19. The maximum absolute atomic E-state index is 13.1. The third-order valence-electron chi connectivity index (χ3n) is 5.26. The molecule has 1 amide bonds. The van der Waals surface area contributed by atoms with Crippen molar-refractivity contribution in [3.05, 3.63) is 89.6 Å². The van der Waals surface area contributed by atoms with Crippen LogP contribution in [0.15, 0.2) is 82.2 Å². The van der Waals surface area contributed by atoms with Crippen molar-refractivity contribution in [1.82, 2.24) is 4.98 Å². The molecule has 0 aliphatic rings. The van der Waals surface area contributed by atoms with Gasteiger partial charge in [-0.3, -0.25) is 4.79 Å². The number of benzene rings is 3. The molecule has 0 saturated heterocycles. The number of hydrogen-bond donors (Lipinski definition) is 2. The van der Waals surface area contributed by atoms with Gasteiger partial charge in [-0.05, 0) is 43.2 Å². The summed E-state index contributed by atoms with van der Waals surface area (Å²) in [6.45, 7) is 3.84. The number of primary sulfonamides is 1. The predicted molar refractivity (Wildman–Crippen MR) is 127 cm³/mol. The van der Waals surface area contributed by atoms with Gasteiger partial charge in [0.25, 0.3) is 5.91 Å². The van der Waals surface area contributed by atoms with Gasteiger partial charge in [0, 0.05) is 16.8 Å². The number of aryl methyl sites for hydroxylation is 2. The lowest BCUT2D eigenvalue weighted by Gasteiger charge is -2.11. The summed E-state index contributed by atoms with van der Waals surface area (Å²) in [5.74, 6) is 0.473. The van der Waals surface area contributed by atoms with Crippen molar-refractivity contribution in [2.75, 3.05) is 5.32 Å². The second kappa shape index (κ2) is 9.01. The number of nitrogens with zero attached hydrogens (tertiary/aromatic N) is 1. The van der Waals surface area contributed by atoms with E-state index in [1.807, 2.05) is 38.1 Å². The lowest BCUT2D eigenvalue weighted by molar-refractivity contribution is 0.102. The monoisotopic (exact) mass is 461 g/mol. The number of nitrogens with two attached hydrogens (primary N) is 1. The van der Waals surface area contributed by atoms with E-state index in [4.69, 9.17) is 9.56 Å². The third kappa shape index (κ3) is 4.87. The van der Waals surface area contributed by atoms with Crippen molar-refractivity contribution >= 4 is 21.6 Å². The van der Waals surface area contributed by atoms with Crippen LogP contribution in [0.5, 0.6) is 0 Å². The minimum atomic E-state index is -3.92. The number of rotatable bonds is 6. The summed E-state index contributed by atoms with van der Waals surface area (Å²) in [6, 6.07) is 19.4. The molecule has 1 heterocycles. The molecule has 0 aliphatic heterocycles. The fourth-order valence-corrected chi connectivity index (χ4v) is 4.37. The molecule has 33 heavy (non-hydrogen) atoms. The molecule has 4 aromatic rings. The fraction of sp³-hybridized carbons (Fsp3) is 0.120. The molecule has 7 nitrogen and oxygen atoms in total. The Morgan fingerprint density at radius 2 is 1.79 bits per heavy atom. The number of amides is 1. The van der Waals surface area contributed by atoms with Crippen molar-refractivity contribution in [3.8, 4) is 22.8 Å². The van der Waals surface area contributed by atoms with Gasteiger partial charge >= 0.3 is 0 Å². The van der Waals surface area contributed by atoms with Gasteiger partial charge in [-0.1, -0.05) is 55.0 Å². The van der Waals surface area contributed by atoms with Crippen LogP contribution in [0, 0.1) is 6.92 Å². The Morgan fingerprint density at radius 3 is 2.48 bits per heavy atom. The number of oxazole rings is 1. The van der Waals surface area contributed by atoms with E-state index in [1.54, 1.807) is 42.6 Å². The number of anilines is 1. The highest BCUT2D eigenvalue weighted by Crippen LogP contribution is 2.29. The van der Waals surface area contributed by atoms with Gasteiger partial charge in [0.2, 0.25) is 15.9 Å². The first-order valence-electron chi connectivity index (χ1n) is 10.4. The second-order valence-electron chi connectivity index (χ2n) is 7.62. The Hall–Kier alpha value is -3.75. The molecule has 8 heteroatoms. The second-order valence-corrected chi connectivity index (χ2v) is 9.15. The van der Waals surface area contributed by atoms with Crippen LogP contribution in [-0.4, -0.2) is 19.3 Å². The summed E-state index contributed by atoms with van der Waals surface area (Å²) in [4.78, 5) is 17.4. The predicted octanol–water partition coefficient (Wildman–Crippen LogP) is 4.78. The van der Waals surface area contributed by atoms with Gasteiger partial charge in [0.1, 0.15) is 0 Å². The molecule has 0 unspecified atom stereocenters. The lowest BCUT2D eigenvalue weighted by atomic mass is 10.1. The zero-order valence-electron chi connectivity index (χ0n) is 18.2. The first kappa shape index (κ1) is 22.4. The molecule has 0 saturated carbocycles. The quantitative estimate of drug-likeness (QED) is 0.429. The van der Waals surface area contributed by atoms with Crippen LogP contribution in [0.25, 0.3) is 22.8 Å². The molecule has 0 bridgehead atoms. The first-order valence-corrected chi connectivity index (χ1v) is 11.9. The smallest absolute Gasteiger partial charge is 0.256 e. The summed E-state index contributed by atoms with van der Waals surface area (Å²) in [5.41, 5.74) is 3.78. The maximum Gasteiger partial charge on any atom is 0.256 e. The van der Waals surface area contributed by atoms with Crippen LogP contribution in [0.3, 0.4) is 0 Å². The lowest BCUT2D eigenvalue weighted by Crippen LogP contribution is -2.17. The number of nitrogens with one attached hydrogen (secondary N) is 1. The Balaban J connectivity index is 1.65. The van der Waals surface area contributed by atoms with Crippen molar-refractivity contribution in [1.29, 1.82) is 0 Å². The van der Waals surface area contributed by atoms with Crippen LogP contribution >= 0.6 is 0 Å². The van der Waals surface area contributed by atoms with Crippen molar-refractivity contribution in [2.24, 2.45) is 5.14 Å². The van der Waals surface area contributed by atoms with Gasteiger partial charge in [-0.25, -0.2) is 18.5 Å². The number of sulfonamides is 1. The van der Waals surface area contributed by atoms with E-state index in [-0.39, 0.29) is 4.90 Å². The Kier molecular flexibility index (Phi) is 6.13. The Morgan fingerprint density at radius 1 is 1.06 bits per heavy atom. The van der Waals surface area contributed by atoms with E-state index in [9.17, 15) is 13.2 Å². The molecular weight excluding hydrogens is 438 g/mol. The number of carbonyl (C=O) groups is 1. The molecule has 1 aromatic heterocycles. The van der Waals surface area contributed by atoms with Gasteiger partial charge in [0.05, 0.1) is 16.7 Å². The highest BCUT2D eigenvalue weighted by atomic mass is 32.2. The molecule has 0 fully saturated rings. The third-order valence-corrected chi connectivity index (χ3v) is 6.25.